The van der Waals surface area contributed by atoms with Gasteiger partial charge in [-0.15, -0.1) is 0 Å². The third-order valence-corrected chi connectivity index (χ3v) is 25.8. The van der Waals surface area contributed by atoms with Gasteiger partial charge in [-0.1, -0.05) is 194 Å². The Morgan fingerprint density at radius 1 is 0.180 bits per heavy atom. The monoisotopic (exact) mass is 1890 g/mol. The average Bonchev–Trinajstić information content (AvgIpc) is 0.713. The van der Waals surface area contributed by atoms with Crippen molar-refractivity contribution in [2.75, 3.05) is 74.2 Å². The fourth-order valence-electron chi connectivity index (χ4n) is 16.1. The molecule has 0 N–H and O–H groups in total. The number of benzene rings is 15. The molecule has 0 heterocycles. The maximum absolute atomic E-state index is 12.4. The van der Waals surface area contributed by atoms with Crippen molar-refractivity contribution in [3.8, 4) is 101 Å². The molecule has 0 amide bonds. The van der Waals surface area contributed by atoms with Crippen molar-refractivity contribution in [2.45, 2.75) is 38.5 Å². The van der Waals surface area contributed by atoms with E-state index in [1.165, 1.54) is 0 Å². The van der Waals surface area contributed by atoms with Crippen LogP contribution in [0.5, 0.6) is 34.5 Å². The van der Waals surface area contributed by atoms with Gasteiger partial charge in [0.2, 0.25) is 0 Å². The van der Waals surface area contributed by atoms with Crippen LogP contribution >= 0.6 is 0 Å². The van der Waals surface area contributed by atoms with Crippen molar-refractivity contribution >= 4 is 147 Å². The van der Waals surface area contributed by atoms with Crippen LogP contribution in [-0.4, -0.2) is 152 Å². The SMILES string of the molecule is O=S(=O)([O-])CCCOc1cc(OCCCS(=O)(=O)[O-])c(-c2c3ccccc3c(-c3cc(-c4c5ccccc5c(-c5cc(-c6c7ccccc7cc7ccccc67)c(OCCCS(=O)(=O)[O-])cc5OCCCS(=O)(=O)[O-])c5ccccc45)c(OCCCS(=O)(=O)[O-])cc3OCCCS(=O)(=O)[O-])c3ccccc23)cc1-c1c2ccccc2cc2ccccc12.[Na+].[Na+].[Na+].[Na+].[Na+].[Na+]. The van der Waals surface area contributed by atoms with E-state index in [1.54, 1.807) is 18.2 Å². The molecule has 0 spiro atoms. The predicted molar refractivity (Wildman–Crippen MR) is 467 cm³/mol. The molecule has 15 aromatic rings. The van der Waals surface area contributed by atoms with Crippen molar-refractivity contribution in [2.24, 2.45) is 0 Å². The molecule has 0 aliphatic carbocycles. The molecule has 630 valence electrons. The molecular weight excluding hydrogens is 1820 g/mol. The van der Waals surface area contributed by atoms with E-state index < -0.39 is 95.2 Å². The van der Waals surface area contributed by atoms with E-state index in [-0.39, 0.29) is 290 Å². The second kappa shape index (κ2) is 45.8. The number of rotatable bonds is 36. The standard InChI is InChI=1S/C92H82O24S6.6Na/c93-117(94,95)45-17-39-111-81-56-83(113-41-19-47-119(99,100)101)77(53-75(81)87-63-27-5-1-23-59(63)51-60-24-2-6-28-64(60)87)89-67-31-9-13-35-71(67)91(72-36-14-10-32-68(72)89)79-55-80(86(116-44-22-50-122(108,109)110)58-85(79)115-43-21-49-121(105,106)107)92-73-37-15-11-33-69(73)90(70-34-12-16-38-74(70)92)78-54-76(88-65-29-7-3-25-61(65)52-62-26-4-8-30-66(62)88)82(112-40-18-46-118(96,97)98)57-84(78)114-42-20-48-120(102,103)104;;;;;;/h1-16,23-38,51-58H,17-22,39-50H2,(H,93,94,95)(H,96,97,98)(H,99,100,101)(H,102,103,104)(H,105,106,107)(H,108,109,110);;;;;;/q;6*+1/p-6. The van der Waals surface area contributed by atoms with Crippen molar-refractivity contribution in [1.29, 1.82) is 0 Å². The summed E-state index contributed by atoms with van der Waals surface area (Å²) < 4.78 is 260. The summed E-state index contributed by atoms with van der Waals surface area (Å²) in [6, 6.07) is 74.9. The van der Waals surface area contributed by atoms with Gasteiger partial charge in [0.05, 0.1) is 100 Å². The van der Waals surface area contributed by atoms with Crippen LogP contribution in [0, 0.1) is 0 Å². The largest absolute Gasteiger partial charge is 1.00 e. The second-order valence-corrected chi connectivity index (χ2v) is 38.5. The van der Waals surface area contributed by atoms with E-state index in [0.717, 1.165) is 43.1 Å². The Hall–Kier alpha value is -5.36. The summed E-state index contributed by atoms with van der Waals surface area (Å²) in [4.78, 5) is 0. The van der Waals surface area contributed by atoms with Crippen LogP contribution in [0.25, 0.3) is 153 Å². The van der Waals surface area contributed by atoms with E-state index >= 15 is 0 Å². The first-order valence-corrected chi connectivity index (χ1v) is 48.4. The minimum absolute atomic E-state index is 0. The molecule has 0 saturated carbocycles. The fraction of sp³-hybridized carbons (Fsp3) is 0.196. The molecule has 0 unspecified atom stereocenters. The van der Waals surface area contributed by atoms with Crippen LogP contribution in [0.15, 0.2) is 243 Å². The normalized spacial score (nSPS) is 11.9. The average molecular weight is 1900 g/mol. The topological polar surface area (TPSA) is 399 Å². The molecule has 128 heavy (non-hydrogen) atoms. The van der Waals surface area contributed by atoms with Crippen molar-refractivity contribution in [3.63, 3.8) is 0 Å². The van der Waals surface area contributed by atoms with Crippen LogP contribution in [-0.2, 0) is 60.7 Å². The number of fused-ring (bicyclic) bond motifs is 8. The van der Waals surface area contributed by atoms with Crippen molar-refractivity contribution < 1.29 is 284 Å². The molecule has 24 nitrogen and oxygen atoms in total. The predicted octanol–water partition coefficient (Wildman–Crippen LogP) is -1.18. The van der Waals surface area contributed by atoms with Crippen LogP contribution in [0.4, 0.5) is 0 Å². The van der Waals surface area contributed by atoms with Gasteiger partial charge in [-0.2, -0.15) is 0 Å². The molecule has 36 heteroatoms. The summed E-state index contributed by atoms with van der Waals surface area (Å²) in [5, 5.41) is 11.0. The summed E-state index contributed by atoms with van der Waals surface area (Å²) in [7, 11) is -28.5. The van der Waals surface area contributed by atoms with Crippen LogP contribution in [0.2, 0.25) is 0 Å². The molecule has 0 fully saturated rings. The summed E-state index contributed by atoms with van der Waals surface area (Å²) in [6.45, 7) is -1.87. The first-order valence-electron chi connectivity index (χ1n) is 38.9. The minimum atomic E-state index is -4.80. The third-order valence-electron chi connectivity index (χ3n) is 21.0. The molecule has 0 aliphatic heterocycles. The number of hydrogen-bond donors (Lipinski definition) is 0. The van der Waals surface area contributed by atoms with Crippen LogP contribution < -0.4 is 206 Å². The molecule has 0 atom stereocenters. The molecule has 0 radical (unpaired) electrons. The Labute approximate surface area is 875 Å². The summed E-state index contributed by atoms with van der Waals surface area (Å²) >= 11 is 0. The second-order valence-electron chi connectivity index (χ2n) is 29.4. The third kappa shape index (κ3) is 25.8. The number of ether oxygens (including phenoxy) is 6. The van der Waals surface area contributed by atoms with Gasteiger partial charge >= 0.3 is 177 Å². The fourth-order valence-corrected chi connectivity index (χ4v) is 18.9. The van der Waals surface area contributed by atoms with Gasteiger partial charge in [-0.3, -0.25) is 0 Å². The van der Waals surface area contributed by atoms with E-state index in [1.807, 2.05) is 224 Å². The van der Waals surface area contributed by atoms with Gasteiger partial charge < -0.3 is 55.7 Å². The van der Waals surface area contributed by atoms with Gasteiger partial charge in [-0.25, -0.2) is 50.5 Å². The van der Waals surface area contributed by atoms with Gasteiger partial charge in [0.25, 0.3) is 0 Å². The zero-order valence-electron chi connectivity index (χ0n) is 71.1. The molecule has 15 rings (SSSR count). The quantitative estimate of drug-likeness (QED) is 0.0193. The van der Waals surface area contributed by atoms with Crippen LogP contribution in [0.1, 0.15) is 38.5 Å². The molecule has 0 saturated heterocycles. The van der Waals surface area contributed by atoms with E-state index in [0.29, 0.717) is 110 Å². The zero-order valence-corrected chi connectivity index (χ0v) is 88.0. The van der Waals surface area contributed by atoms with Crippen LogP contribution in [0.3, 0.4) is 0 Å². The molecule has 0 aliphatic rings. The first-order chi connectivity index (χ1) is 58.3. The Bertz CT molecular complexity index is 6750. The minimum Gasteiger partial charge on any atom is -0.748 e. The molecule has 15 aromatic carbocycles. The Kier molecular flexibility index (Phi) is 38.0. The smallest absolute Gasteiger partial charge is 0.748 e. The summed E-state index contributed by atoms with van der Waals surface area (Å²) in [5.41, 5.74) is 6.04. The maximum Gasteiger partial charge on any atom is 1.00 e. The van der Waals surface area contributed by atoms with Crippen molar-refractivity contribution in [1.82, 2.24) is 0 Å². The Morgan fingerprint density at radius 3 is 0.461 bits per heavy atom. The molecule has 0 bridgehead atoms. The Balaban J connectivity index is 0.00000308. The van der Waals surface area contributed by atoms with E-state index in [4.69, 9.17) is 28.4 Å². The van der Waals surface area contributed by atoms with Gasteiger partial charge in [0, 0.05) is 119 Å². The van der Waals surface area contributed by atoms with E-state index in [2.05, 4.69) is 0 Å². The van der Waals surface area contributed by atoms with Crippen molar-refractivity contribution in [3.05, 3.63) is 243 Å². The van der Waals surface area contributed by atoms with Gasteiger partial charge in [-0.05, 0) is 155 Å². The number of hydrogen-bond acceptors (Lipinski definition) is 24. The molecular formula is C92H76Na6O24S6. The summed E-state index contributed by atoms with van der Waals surface area (Å²) in [5.74, 6) is -3.91. The Morgan fingerprint density at radius 2 is 0.312 bits per heavy atom. The van der Waals surface area contributed by atoms with Gasteiger partial charge in [0.1, 0.15) is 34.5 Å². The molecule has 0 aromatic heterocycles. The first kappa shape index (κ1) is 106. The van der Waals surface area contributed by atoms with E-state index in [9.17, 15) is 77.8 Å². The summed E-state index contributed by atoms with van der Waals surface area (Å²) in [6.07, 6.45) is -1.49. The zero-order chi connectivity index (χ0) is 85.9. The van der Waals surface area contributed by atoms with Gasteiger partial charge in [0.15, 0.2) is 0 Å². The maximum atomic E-state index is 12.4.